The van der Waals surface area contributed by atoms with Crippen molar-refractivity contribution >= 4 is 16.3 Å². The van der Waals surface area contributed by atoms with Crippen LogP contribution in [0.1, 0.15) is 11.5 Å². The van der Waals surface area contributed by atoms with Crippen molar-refractivity contribution in [3.8, 4) is 11.3 Å². The van der Waals surface area contributed by atoms with Gasteiger partial charge in [-0.25, -0.2) is 4.98 Å². The first-order chi connectivity index (χ1) is 7.43. The first-order valence-electron chi connectivity index (χ1n) is 4.94. The molecule has 0 N–H and O–H groups in total. The first kappa shape index (κ1) is 7.70. The van der Waals surface area contributed by atoms with E-state index in [-0.39, 0.29) is 0 Å². The van der Waals surface area contributed by atoms with E-state index in [4.69, 9.17) is 4.42 Å². The summed E-state index contributed by atoms with van der Waals surface area (Å²) < 4.78 is 7.63. The van der Waals surface area contributed by atoms with E-state index in [2.05, 4.69) is 21.0 Å². The van der Waals surface area contributed by atoms with Gasteiger partial charge in [0, 0.05) is 23.6 Å². The number of hydrogen-bond donors (Lipinski definition) is 0. The van der Waals surface area contributed by atoms with Crippen molar-refractivity contribution in [3.05, 3.63) is 35.4 Å². The number of furan rings is 1. The van der Waals surface area contributed by atoms with Gasteiger partial charge in [0.05, 0.1) is 17.7 Å². The fourth-order valence-corrected chi connectivity index (χ4v) is 3.00. The minimum Gasteiger partial charge on any atom is -0.469 e. The monoisotopic (exact) mass is 216 g/mol. The molecule has 0 aromatic carbocycles. The standard InChI is InChI=1S/C11H8N2OS/c1-2-9-7(3-5-14-9)10-8(1)13-4-6-15-11(13)12-10/h3-6H,1-2H2. The average molecular weight is 216 g/mol. The predicted molar refractivity (Wildman–Crippen MR) is 58.2 cm³/mol. The van der Waals surface area contributed by atoms with Crippen LogP contribution in [-0.2, 0) is 12.8 Å². The Labute approximate surface area is 90.0 Å². The summed E-state index contributed by atoms with van der Waals surface area (Å²) in [6.07, 6.45) is 5.86. The second-order valence-electron chi connectivity index (χ2n) is 3.72. The van der Waals surface area contributed by atoms with Crippen LogP contribution in [0, 0.1) is 0 Å². The number of rotatable bonds is 0. The third-order valence-corrected chi connectivity index (χ3v) is 3.71. The zero-order chi connectivity index (χ0) is 9.83. The molecule has 0 amide bonds. The molecule has 0 bridgehead atoms. The summed E-state index contributed by atoms with van der Waals surface area (Å²) in [6.45, 7) is 0. The van der Waals surface area contributed by atoms with Gasteiger partial charge in [0.1, 0.15) is 5.76 Å². The molecule has 15 heavy (non-hydrogen) atoms. The number of aromatic nitrogens is 2. The lowest BCUT2D eigenvalue weighted by Gasteiger charge is -2.09. The van der Waals surface area contributed by atoms with E-state index in [0.717, 1.165) is 29.3 Å². The fourth-order valence-electron chi connectivity index (χ4n) is 2.26. The molecule has 0 saturated carbocycles. The minimum atomic E-state index is 0.985. The van der Waals surface area contributed by atoms with Crippen LogP contribution in [0.15, 0.2) is 28.3 Å². The quantitative estimate of drug-likeness (QED) is 0.578. The van der Waals surface area contributed by atoms with Gasteiger partial charge in [-0.15, -0.1) is 11.3 Å². The van der Waals surface area contributed by atoms with Gasteiger partial charge in [0.2, 0.25) is 0 Å². The van der Waals surface area contributed by atoms with Gasteiger partial charge in [-0.1, -0.05) is 0 Å². The Kier molecular flexibility index (Phi) is 1.29. The molecule has 4 heteroatoms. The molecule has 0 atom stereocenters. The molecular weight excluding hydrogens is 208 g/mol. The zero-order valence-corrected chi connectivity index (χ0v) is 8.75. The van der Waals surface area contributed by atoms with Crippen LogP contribution in [0.25, 0.3) is 16.2 Å². The van der Waals surface area contributed by atoms with Gasteiger partial charge in [0.25, 0.3) is 0 Å². The summed E-state index contributed by atoms with van der Waals surface area (Å²) in [4.78, 5) is 5.73. The van der Waals surface area contributed by atoms with Gasteiger partial charge in [-0.2, -0.15) is 0 Å². The van der Waals surface area contributed by atoms with E-state index < -0.39 is 0 Å². The maximum Gasteiger partial charge on any atom is 0.194 e. The summed E-state index contributed by atoms with van der Waals surface area (Å²) in [5.41, 5.74) is 3.60. The summed E-state index contributed by atoms with van der Waals surface area (Å²) in [5, 5.41) is 2.08. The van der Waals surface area contributed by atoms with Crippen LogP contribution < -0.4 is 0 Å². The number of thiazole rings is 1. The van der Waals surface area contributed by atoms with Crippen LogP contribution in [0.3, 0.4) is 0 Å². The van der Waals surface area contributed by atoms with Crippen LogP contribution in [0.4, 0.5) is 0 Å². The van der Waals surface area contributed by atoms with Gasteiger partial charge in [0.15, 0.2) is 4.96 Å². The molecule has 0 radical (unpaired) electrons. The lowest BCUT2D eigenvalue weighted by atomic mass is 9.99. The lowest BCUT2D eigenvalue weighted by molar-refractivity contribution is 0.506. The molecule has 0 saturated heterocycles. The van der Waals surface area contributed by atoms with E-state index in [9.17, 15) is 0 Å². The SMILES string of the molecule is c1cc2c(o1)CCc1c-2nc2sccn12. The molecule has 1 aliphatic carbocycles. The largest absolute Gasteiger partial charge is 0.469 e. The third-order valence-electron chi connectivity index (χ3n) is 2.95. The van der Waals surface area contributed by atoms with Crippen LogP contribution in [-0.4, -0.2) is 9.38 Å². The van der Waals surface area contributed by atoms with Gasteiger partial charge < -0.3 is 4.42 Å². The highest BCUT2D eigenvalue weighted by Crippen LogP contribution is 2.34. The molecule has 3 heterocycles. The molecule has 3 aromatic heterocycles. The second kappa shape index (κ2) is 2.52. The molecule has 3 nitrogen and oxygen atoms in total. The third kappa shape index (κ3) is 0.874. The molecule has 0 aliphatic heterocycles. The van der Waals surface area contributed by atoms with Crippen molar-refractivity contribution in [1.82, 2.24) is 9.38 Å². The molecule has 3 aromatic rings. The Hall–Kier alpha value is -1.55. The van der Waals surface area contributed by atoms with Crippen LogP contribution in [0.5, 0.6) is 0 Å². The predicted octanol–water partition coefficient (Wildman–Crippen LogP) is 2.75. The van der Waals surface area contributed by atoms with Gasteiger partial charge >= 0.3 is 0 Å². The summed E-state index contributed by atoms with van der Waals surface area (Å²) in [5.74, 6) is 1.08. The number of nitrogens with zero attached hydrogens (tertiary/aromatic N) is 2. The van der Waals surface area contributed by atoms with Crippen molar-refractivity contribution < 1.29 is 4.42 Å². The average Bonchev–Trinajstić information content (AvgIpc) is 2.90. The molecule has 0 fully saturated rings. The Balaban J connectivity index is 2.14. The summed E-state index contributed by atoms with van der Waals surface area (Å²) >= 11 is 1.68. The molecule has 0 unspecified atom stereocenters. The van der Waals surface area contributed by atoms with Crippen LogP contribution in [0.2, 0.25) is 0 Å². The Bertz CT molecular complexity index is 646. The van der Waals surface area contributed by atoms with Crippen molar-refractivity contribution in [2.75, 3.05) is 0 Å². The molecule has 1 aliphatic rings. The van der Waals surface area contributed by atoms with Crippen molar-refractivity contribution in [1.29, 1.82) is 0 Å². The highest BCUT2D eigenvalue weighted by atomic mass is 32.1. The molecule has 4 rings (SSSR count). The maximum absolute atomic E-state index is 5.44. The maximum atomic E-state index is 5.44. The number of hydrogen-bond acceptors (Lipinski definition) is 3. The first-order valence-corrected chi connectivity index (χ1v) is 5.82. The van der Waals surface area contributed by atoms with E-state index in [1.165, 1.54) is 11.3 Å². The summed E-state index contributed by atoms with van der Waals surface area (Å²) in [7, 11) is 0. The van der Waals surface area contributed by atoms with E-state index >= 15 is 0 Å². The van der Waals surface area contributed by atoms with E-state index in [1.807, 2.05) is 6.07 Å². The Morgan fingerprint density at radius 1 is 1.40 bits per heavy atom. The Morgan fingerprint density at radius 2 is 2.40 bits per heavy atom. The van der Waals surface area contributed by atoms with Crippen molar-refractivity contribution in [2.45, 2.75) is 12.8 Å². The van der Waals surface area contributed by atoms with Gasteiger partial charge in [-0.05, 0) is 12.5 Å². The zero-order valence-electron chi connectivity index (χ0n) is 7.93. The highest BCUT2D eigenvalue weighted by Gasteiger charge is 2.23. The molecule has 0 spiro atoms. The van der Waals surface area contributed by atoms with Crippen LogP contribution >= 0.6 is 11.3 Å². The Morgan fingerprint density at radius 3 is 3.40 bits per heavy atom. The molecular formula is C11H8N2OS. The lowest BCUT2D eigenvalue weighted by Crippen LogP contribution is -2.02. The van der Waals surface area contributed by atoms with Crippen molar-refractivity contribution in [3.63, 3.8) is 0 Å². The number of fused-ring (bicyclic) bond motifs is 5. The topological polar surface area (TPSA) is 30.4 Å². The number of aryl methyl sites for hydroxylation is 2. The van der Waals surface area contributed by atoms with E-state index in [0.29, 0.717) is 0 Å². The van der Waals surface area contributed by atoms with Gasteiger partial charge in [-0.3, -0.25) is 4.40 Å². The smallest absolute Gasteiger partial charge is 0.194 e. The van der Waals surface area contributed by atoms with Crippen molar-refractivity contribution in [2.24, 2.45) is 0 Å². The summed E-state index contributed by atoms with van der Waals surface area (Å²) in [6, 6.07) is 2.02. The van der Waals surface area contributed by atoms with E-state index in [1.54, 1.807) is 17.6 Å². The molecule has 74 valence electrons. The minimum absolute atomic E-state index is 0.985. The highest BCUT2D eigenvalue weighted by molar-refractivity contribution is 7.15. The normalized spacial score (nSPS) is 14.1. The fraction of sp³-hybridized carbons (Fsp3) is 0.182. The number of imidazole rings is 1. The second-order valence-corrected chi connectivity index (χ2v) is 4.59.